The molecule has 1 heterocycles. The first kappa shape index (κ1) is 15.6. The van der Waals surface area contributed by atoms with Crippen molar-refractivity contribution in [2.45, 2.75) is 85.0 Å². The summed E-state index contributed by atoms with van der Waals surface area (Å²) in [5.41, 5.74) is 3.36. The zero-order valence-electron chi connectivity index (χ0n) is 12.9. The molecule has 0 aromatic rings. The van der Waals surface area contributed by atoms with Crippen LogP contribution in [-0.2, 0) is 0 Å². The fourth-order valence-corrected chi connectivity index (χ4v) is 3.09. The fraction of sp³-hybridized carbons (Fsp3) is 0.882. The number of hydrogen-bond acceptors (Lipinski definition) is 1. The molecule has 1 N–H and O–H groups in total. The van der Waals surface area contributed by atoms with Crippen molar-refractivity contribution >= 4 is 0 Å². The molecule has 0 aromatic heterocycles. The van der Waals surface area contributed by atoms with E-state index in [0.717, 1.165) is 5.92 Å². The largest absolute Gasteiger partial charge is 0.388 e. The predicted molar refractivity (Wildman–Crippen MR) is 81.7 cm³/mol. The molecule has 0 saturated heterocycles. The minimum absolute atomic E-state index is 0.799. The Bertz CT molecular complexity index is 242. The lowest BCUT2D eigenvalue weighted by molar-refractivity contribution is 0.509. The summed E-state index contributed by atoms with van der Waals surface area (Å²) in [7, 11) is 0. The predicted octanol–water partition coefficient (Wildman–Crippen LogP) is 5.42. The Labute approximate surface area is 114 Å². The van der Waals surface area contributed by atoms with Gasteiger partial charge in [-0.2, -0.15) is 0 Å². The monoisotopic (exact) mass is 251 g/mol. The van der Waals surface area contributed by atoms with Crippen LogP contribution in [0.25, 0.3) is 0 Å². The first-order valence-corrected chi connectivity index (χ1v) is 8.25. The molecule has 1 unspecified atom stereocenters. The van der Waals surface area contributed by atoms with E-state index in [-0.39, 0.29) is 0 Å². The lowest BCUT2D eigenvalue weighted by Crippen LogP contribution is -2.24. The van der Waals surface area contributed by atoms with Crippen molar-refractivity contribution in [3.8, 4) is 0 Å². The highest BCUT2D eigenvalue weighted by molar-refractivity contribution is 5.18. The SMILES string of the molecule is CCCCCCCC1=C(C(C)CCC)CCCN1. The van der Waals surface area contributed by atoms with Crippen LogP contribution in [0.4, 0.5) is 0 Å². The van der Waals surface area contributed by atoms with Crippen molar-refractivity contribution in [1.82, 2.24) is 5.32 Å². The zero-order valence-corrected chi connectivity index (χ0v) is 12.9. The van der Waals surface area contributed by atoms with Gasteiger partial charge in [0.05, 0.1) is 0 Å². The second-order valence-corrected chi connectivity index (χ2v) is 5.89. The van der Waals surface area contributed by atoms with E-state index in [1.54, 1.807) is 11.3 Å². The molecule has 0 aliphatic carbocycles. The van der Waals surface area contributed by atoms with Crippen LogP contribution in [-0.4, -0.2) is 6.54 Å². The van der Waals surface area contributed by atoms with Gasteiger partial charge >= 0.3 is 0 Å². The number of nitrogens with one attached hydrogen (secondary N) is 1. The molecule has 0 aromatic carbocycles. The average molecular weight is 251 g/mol. The molecule has 18 heavy (non-hydrogen) atoms. The minimum atomic E-state index is 0.799. The van der Waals surface area contributed by atoms with Crippen molar-refractivity contribution in [2.24, 2.45) is 5.92 Å². The lowest BCUT2D eigenvalue weighted by atomic mass is 9.87. The molecule has 1 rings (SSSR count). The maximum atomic E-state index is 3.68. The molecule has 0 amide bonds. The molecule has 1 aliphatic heterocycles. The van der Waals surface area contributed by atoms with Crippen LogP contribution in [0.15, 0.2) is 11.3 Å². The Morgan fingerprint density at radius 2 is 1.83 bits per heavy atom. The van der Waals surface area contributed by atoms with E-state index < -0.39 is 0 Å². The van der Waals surface area contributed by atoms with E-state index >= 15 is 0 Å². The summed E-state index contributed by atoms with van der Waals surface area (Å²) in [6, 6.07) is 0. The van der Waals surface area contributed by atoms with Crippen LogP contribution in [0.2, 0.25) is 0 Å². The van der Waals surface area contributed by atoms with Gasteiger partial charge in [0.2, 0.25) is 0 Å². The molecule has 1 heteroatoms. The first-order chi connectivity index (χ1) is 8.79. The molecule has 0 radical (unpaired) electrons. The van der Waals surface area contributed by atoms with Gasteiger partial charge < -0.3 is 5.32 Å². The first-order valence-electron chi connectivity index (χ1n) is 8.25. The smallest absolute Gasteiger partial charge is 0.0147 e. The Hall–Kier alpha value is -0.460. The second-order valence-electron chi connectivity index (χ2n) is 5.89. The molecule has 0 fully saturated rings. The summed E-state index contributed by atoms with van der Waals surface area (Å²) in [6.07, 6.45) is 13.6. The van der Waals surface area contributed by atoms with Crippen molar-refractivity contribution in [3.05, 3.63) is 11.3 Å². The number of hydrogen-bond donors (Lipinski definition) is 1. The zero-order chi connectivity index (χ0) is 13.2. The molecular formula is C17H33N. The maximum Gasteiger partial charge on any atom is 0.0147 e. The van der Waals surface area contributed by atoms with E-state index in [1.165, 1.54) is 70.8 Å². The number of unbranched alkanes of at least 4 members (excludes halogenated alkanes) is 4. The standard InChI is InChI=1S/C17H33N/c1-4-6-7-8-9-13-17-16(12-10-14-18-17)15(3)11-5-2/h15,18H,4-14H2,1-3H3. The van der Waals surface area contributed by atoms with E-state index in [0.29, 0.717) is 0 Å². The van der Waals surface area contributed by atoms with Crippen LogP contribution in [0.3, 0.4) is 0 Å². The topological polar surface area (TPSA) is 12.0 Å². The van der Waals surface area contributed by atoms with Gasteiger partial charge in [0.15, 0.2) is 0 Å². The van der Waals surface area contributed by atoms with Gasteiger partial charge in [-0.25, -0.2) is 0 Å². The molecule has 106 valence electrons. The number of rotatable bonds is 9. The summed E-state index contributed by atoms with van der Waals surface area (Å²) >= 11 is 0. The van der Waals surface area contributed by atoms with Crippen molar-refractivity contribution in [2.75, 3.05) is 6.54 Å². The van der Waals surface area contributed by atoms with Crippen LogP contribution in [0, 0.1) is 5.92 Å². The molecule has 0 spiro atoms. The summed E-state index contributed by atoms with van der Waals surface area (Å²) in [6.45, 7) is 8.21. The molecule has 0 saturated carbocycles. The van der Waals surface area contributed by atoms with Crippen molar-refractivity contribution < 1.29 is 0 Å². The van der Waals surface area contributed by atoms with Crippen LogP contribution < -0.4 is 5.32 Å². The quantitative estimate of drug-likeness (QED) is 0.539. The van der Waals surface area contributed by atoms with Crippen LogP contribution in [0.5, 0.6) is 0 Å². The third-order valence-corrected chi connectivity index (χ3v) is 4.20. The van der Waals surface area contributed by atoms with E-state index in [9.17, 15) is 0 Å². The summed E-state index contributed by atoms with van der Waals surface area (Å²) < 4.78 is 0. The Morgan fingerprint density at radius 3 is 2.56 bits per heavy atom. The molecule has 0 bridgehead atoms. The van der Waals surface area contributed by atoms with E-state index in [1.807, 2.05) is 0 Å². The van der Waals surface area contributed by atoms with Crippen LogP contribution in [0.1, 0.15) is 85.0 Å². The Balaban J connectivity index is 2.41. The molecule has 1 atom stereocenters. The van der Waals surface area contributed by atoms with Gasteiger partial charge in [0, 0.05) is 12.2 Å². The van der Waals surface area contributed by atoms with Gasteiger partial charge in [-0.3, -0.25) is 0 Å². The van der Waals surface area contributed by atoms with Gasteiger partial charge in [-0.1, -0.05) is 52.9 Å². The highest BCUT2D eigenvalue weighted by Crippen LogP contribution is 2.28. The second kappa shape index (κ2) is 9.47. The maximum absolute atomic E-state index is 3.68. The van der Waals surface area contributed by atoms with Gasteiger partial charge in [-0.05, 0) is 43.6 Å². The summed E-state index contributed by atoms with van der Waals surface area (Å²) in [5, 5.41) is 3.68. The van der Waals surface area contributed by atoms with Crippen molar-refractivity contribution in [1.29, 1.82) is 0 Å². The van der Waals surface area contributed by atoms with Crippen molar-refractivity contribution in [3.63, 3.8) is 0 Å². The summed E-state index contributed by atoms with van der Waals surface area (Å²) in [5.74, 6) is 0.799. The molecule has 1 aliphatic rings. The third kappa shape index (κ3) is 5.46. The van der Waals surface area contributed by atoms with Crippen LogP contribution >= 0.6 is 0 Å². The Morgan fingerprint density at radius 1 is 1.06 bits per heavy atom. The lowest BCUT2D eigenvalue weighted by Gasteiger charge is -2.26. The van der Waals surface area contributed by atoms with Gasteiger partial charge in [-0.15, -0.1) is 0 Å². The van der Waals surface area contributed by atoms with Gasteiger partial charge in [0.25, 0.3) is 0 Å². The average Bonchev–Trinajstić information content (AvgIpc) is 2.39. The van der Waals surface area contributed by atoms with E-state index in [4.69, 9.17) is 0 Å². The highest BCUT2D eigenvalue weighted by Gasteiger charge is 2.16. The fourth-order valence-electron chi connectivity index (χ4n) is 3.09. The van der Waals surface area contributed by atoms with Gasteiger partial charge in [0.1, 0.15) is 0 Å². The minimum Gasteiger partial charge on any atom is -0.388 e. The molecule has 1 nitrogen and oxygen atoms in total. The van der Waals surface area contributed by atoms with E-state index in [2.05, 4.69) is 26.1 Å². The highest BCUT2D eigenvalue weighted by atomic mass is 14.9. The molecular weight excluding hydrogens is 218 g/mol. The Kier molecular flexibility index (Phi) is 8.20. The third-order valence-electron chi connectivity index (χ3n) is 4.20. The normalized spacial score (nSPS) is 17.7. The summed E-state index contributed by atoms with van der Waals surface area (Å²) in [4.78, 5) is 0. The number of allylic oxidation sites excluding steroid dienone is 2.